The van der Waals surface area contributed by atoms with E-state index in [1.165, 1.54) is 60.4 Å². The fourth-order valence-electron chi connectivity index (χ4n) is 13.7. The van der Waals surface area contributed by atoms with Gasteiger partial charge in [-0.05, 0) is 230 Å². The minimum Gasteiger partial charge on any atom is -0.496 e. The molecule has 0 spiro atoms. The summed E-state index contributed by atoms with van der Waals surface area (Å²) in [5, 5.41) is 63.0. The van der Waals surface area contributed by atoms with Gasteiger partial charge in [-0.1, -0.05) is 126 Å². The van der Waals surface area contributed by atoms with E-state index in [1.54, 1.807) is 138 Å². The van der Waals surface area contributed by atoms with E-state index in [2.05, 4.69) is 102 Å². The van der Waals surface area contributed by atoms with E-state index in [9.17, 15) is 22.8 Å². The Hall–Kier alpha value is -18.0. The van der Waals surface area contributed by atoms with Crippen molar-refractivity contribution in [2.45, 2.75) is 6.92 Å². The molecule has 20 aromatic rings. The number of rotatable bonds is 21. The Morgan fingerprint density at radius 3 is 1.03 bits per heavy atom. The number of amides is 1. The van der Waals surface area contributed by atoms with E-state index < -0.39 is 17.5 Å². The molecule has 0 saturated heterocycles. The van der Waals surface area contributed by atoms with Gasteiger partial charge in [0.25, 0.3) is 0 Å². The molecule has 1 amide bonds. The van der Waals surface area contributed by atoms with Crippen LogP contribution in [0.5, 0.6) is 17.2 Å². The summed E-state index contributed by atoms with van der Waals surface area (Å²) in [5.41, 5.74) is 20.8. The number of aromatic nitrogens is 25. The molecule has 0 saturated carbocycles. The molecule has 10 heterocycles. The molecule has 0 radical (unpaired) electrons. The number of pyridine rings is 5. The second-order valence-corrected chi connectivity index (χ2v) is 30.1. The summed E-state index contributed by atoms with van der Waals surface area (Å²) in [7, 11) is 8.68. The summed E-state index contributed by atoms with van der Waals surface area (Å²) in [4.78, 5) is 53.5. The first kappa shape index (κ1) is 90.4. The zero-order chi connectivity index (χ0) is 93.9. The van der Waals surface area contributed by atoms with E-state index in [0.29, 0.717) is 147 Å². The summed E-state index contributed by atoms with van der Waals surface area (Å²) >= 11 is 12.3. The summed E-state index contributed by atoms with van der Waals surface area (Å²) in [6, 6.07) is 86.9. The summed E-state index contributed by atoms with van der Waals surface area (Å²) in [6.45, 7) is 1.55. The molecule has 0 aliphatic rings. The normalized spacial score (nSPS) is 10.7. The average molecular weight is 1840 g/mol. The molecule has 0 aliphatic heterocycles. The minimum atomic E-state index is -0.500. The van der Waals surface area contributed by atoms with E-state index in [-0.39, 0.29) is 11.6 Å². The number of Topliss-reactive ketones (excluding diaryl/α,β-unsaturated/α-hetero) is 1. The fourth-order valence-corrected chi connectivity index (χ4v) is 14.1. The predicted octanol–water partition coefficient (Wildman–Crippen LogP) is 18.1. The lowest BCUT2D eigenvalue weighted by Crippen LogP contribution is -2.12. The standard InChI is InChI=1S/C21H17N5O2.C20H17FN6.C20H16N6O2.C19H14FN5O.C18H10Cl2FN5/c1-14(27)16-7-3-4-8-17(16)18-11-10-15(13-20(18)28-2)26-24-21(23-25-26)19-9-5-6-12-22-19;1-26(2)17-8-6-14(7-9-17)15-11-16(21)13-18(12-15)27-24-20(23-25-27)19-5-3-4-10-22-19;1-28-18-12-13(26-24-20(23-25-26)17-8-4-5-11-22-17)9-10-15(18)14-6-2-3-7-16(14)19(21)27;1-26-18-8-3-2-6-16(18)13-10-14(20)12-15(11-13)25-23-19(22-24-25)17-7-4-5-9-21-17;19-12-4-5-16(20)15(9-12)11-7-13(21)10-14(8-11)26-24-18(23-25-26)17-3-1-2-6-22-17/h3-13H,1-2H3;3-13H,1-2H3;2-12H,1H3,(H2,21,27);2-12H,1H3;1-10H. The van der Waals surface area contributed by atoms with Crippen molar-refractivity contribution in [2.24, 2.45) is 5.73 Å². The Balaban J connectivity index is 0.000000123. The van der Waals surface area contributed by atoms with Crippen molar-refractivity contribution in [3.8, 4) is 159 Å². The topological polar surface area (TPSA) is 374 Å². The number of ketones is 1. The van der Waals surface area contributed by atoms with Crippen molar-refractivity contribution < 1.29 is 37.0 Å². The zero-order valence-electron chi connectivity index (χ0n) is 72.3. The van der Waals surface area contributed by atoms with Crippen LogP contribution in [0.1, 0.15) is 27.6 Å². The summed E-state index contributed by atoms with van der Waals surface area (Å²) in [5.74, 6) is 2.06. The fraction of sp³-hybridized carbons (Fsp3) is 0.0612. The SMILES string of the molecule is CN(C)c1ccc(-c2cc(F)cc(-n3nnc(-c4ccccn4)n3)c2)cc1.COc1cc(-n2nnc(-c3ccccn3)n2)ccc1-c1ccccc1C(C)=O.COc1cc(-n2nnc(-c3ccccn3)n2)ccc1-c1ccccc1C(N)=O.COc1ccccc1-c1cc(F)cc(-n2nnc(-c3ccccn3)n2)c1.Fc1cc(-c2cc(Cl)ccc2Cl)cc(-n2nnc(-c3ccccn3)n2)c1. The van der Waals surface area contributed by atoms with Gasteiger partial charge in [-0.15, -0.1) is 75.0 Å². The first-order valence-electron chi connectivity index (χ1n) is 41.0. The van der Waals surface area contributed by atoms with E-state index in [4.69, 9.17) is 43.1 Å². The molecule has 10 aromatic carbocycles. The lowest BCUT2D eigenvalue weighted by molar-refractivity contribution is 0.0996. The highest BCUT2D eigenvalue weighted by Crippen LogP contribution is 2.39. The van der Waals surface area contributed by atoms with Gasteiger partial charge < -0.3 is 24.8 Å². The number of anilines is 1. The van der Waals surface area contributed by atoms with Crippen LogP contribution in [0.15, 0.2) is 328 Å². The highest BCUT2D eigenvalue weighted by molar-refractivity contribution is 6.35. The molecular formula is C98H74Cl2F3N27O5. The van der Waals surface area contributed by atoms with Crippen molar-refractivity contribution in [3.05, 3.63) is 367 Å². The van der Waals surface area contributed by atoms with E-state index in [0.717, 1.165) is 39.1 Å². The predicted molar refractivity (Wildman–Crippen MR) is 502 cm³/mol. The lowest BCUT2D eigenvalue weighted by Gasteiger charge is -2.13. The molecule has 0 aliphatic carbocycles. The number of benzene rings is 10. The minimum absolute atomic E-state index is 0.000301. The van der Waals surface area contributed by atoms with Gasteiger partial charge in [0, 0.05) is 125 Å². The van der Waals surface area contributed by atoms with Crippen LogP contribution in [0.25, 0.3) is 142 Å². The number of ether oxygens (including phenoxy) is 3. The number of hydrogen-bond acceptors (Lipinski definition) is 26. The number of hydrogen-bond donors (Lipinski definition) is 1. The Kier molecular flexibility index (Phi) is 28.2. The van der Waals surface area contributed by atoms with Crippen molar-refractivity contribution in [1.82, 2.24) is 126 Å². The maximum Gasteiger partial charge on any atom is 0.249 e. The van der Waals surface area contributed by atoms with Gasteiger partial charge in [0.1, 0.15) is 63.2 Å². The van der Waals surface area contributed by atoms with E-state index in [1.807, 2.05) is 201 Å². The van der Waals surface area contributed by atoms with Crippen LogP contribution in [0.3, 0.4) is 0 Å². The largest absolute Gasteiger partial charge is 0.496 e. The Morgan fingerprint density at radius 1 is 0.319 bits per heavy atom. The first-order chi connectivity index (χ1) is 65.8. The molecule has 32 nitrogen and oxygen atoms in total. The van der Waals surface area contributed by atoms with Crippen molar-refractivity contribution in [2.75, 3.05) is 40.3 Å². The van der Waals surface area contributed by atoms with Crippen LogP contribution in [0.2, 0.25) is 10.0 Å². The summed E-state index contributed by atoms with van der Waals surface area (Å²) in [6.07, 6.45) is 8.30. The zero-order valence-corrected chi connectivity index (χ0v) is 73.8. The molecule has 0 unspecified atom stereocenters. The van der Waals surface area contributed by atoms with Crippen molar-refractivity contribution in [1.29, 1.82) is 0 Å². The molecule has 0 fully saturated rings. The number of carbonyl (C=O) groups is 2. The second kappa shape index (κ2) is 42.1. The van der Waals surface area contributed by atoms with Crippen molar-refractivity contribution in [3.63, 3.8) is 0 Å². The van der Waals surface area contributed by atoms with Gasteiger partial charge in [-0.2, -0.15) is 0 Å². The van der Waals surface area contributed by atoms with Gasteiger partial charge in [0.05, 0.1) is 49.8 Å². The number of primary amides is 1. The van der Waals surface area contributed by atoms with Crippen LogP contribution in [0, 0.1) is 17.5 Å². The molecule has 0 bridgehead atoms. The average Bonchev–Trinajstić information content (AvgIpc) is 1.80. The Labute approximate surface area is 777 Å². The van der Waals surface area contributed by atoms with Crippen molar-refractivity contribution >= 4 is 40.6 Å². The molecule has 10 aromatic heterocycles. The van der Waals surface area contributed by atoms with Gasteiger partial charge >= 0.3 is 0 Å². The molecule has 2 N–H and O–H groups in total. The number of nitrogens with zero attached hydrogens (tertiary/aromatic N) is 26. The monoisotopic (exact) mass is 1840 g/mol. The Bertz CT molecular complexity index is 7350. The van der Waals surface area contributed by atoms with Crippen LogP contribution in [-0.4, -0.2) is 173 Å². The Morgan fingerprint density at radius 2 is 0.659 bits per heavy atom. The molecule has 20 rings (SSSR count). The third kappa shape index (κ3) is 21.8. The molecule has 666 valence electrons. The number of nitrogens with two attached hydrogens (primary N) is 1. The smallest absolute Gasteiger partial charge is 0.249 e. The van der Waals surface area contributed by atoms with Gasteiger partial charge in [-0.25, -0.2) is 13.2 Å². The first-order valence-corrected chi connectivity index (χ1v) is 41.8. The number of tetrazole rings is 5. The van der Waals surface area contributed by atoms with Gasteiger partial charge in [-0.3, -0.25) is 34.5 Å². The number of para-hydroxylation sites is 1. The van der Waals surface area contributed by atoms with Gasteiger partial charge in [0.15, 0.2) is 5.78 Å². The number of methoxy groups -OCH3 is 3. The maximum absolute atomic E-state index is 14.2. The molecule has 0 atom stereocenters. The van der Waals surface area contributed by atoms with E-state index >= 15 is 0 Å². The van der Waals surface area contributed by atoms with Crippen LogP contribution >= 0.6 is 23.2 Å². The maximum atomic E-state index is 14.2. The third-order valence-electron chi connectivity index (χ3n) is 20.2. The molecule has 135 heavy (non-hydrogen) atoms. The highest BCUT2D eigenvalue weighted by atomic mass is 35.5. The van der Waals surface area contributed by atoms with Crippen LogP contribution in [-0.2, 0) is 0 Å². The van der Waals surface area contributed by atoms with Gasteiger partial charge in [0.2, 0.25) is 35.0 Å². The number of carbonyl (C=O) groups excluding carboxylic acids is 2. The summed E-state index contributed by atoms with van der Waals surface area (Å²) < 4.78 is 59.1. The van der Waals surface area contributed by atoms with Crippen LogP contribution in [0.4, 0.5) is 18.9 Å². The second-order valence-electron chi connectivity index (χ2n) is 29.2. The molecule has 37 heteroatoms. The lowest BCUT2D eigenvalue weighted by atomic mass is 9.96. The third-order valence-corrected chi connectivity index (χ3v) is 20.7. The number of halogens is 5. The quantitative estimate of drug-likeness (QED) is 0.0653. The molecular weight excluding hydrogens is 1760 g/mol. The van der Waals surface area contributed by atoms with Crippen LogP contribution < -0.4 is 24.8 Å². The highest BCUT2D eigenvalue weighted by Gasteiger charge is 2.22.